The molecule has 0 heterocycles. The molecular weight excluding hydrogens is 314 g/mol. The summed E-state index contributed by atoms with van der Waals surface area (Å²) in [5.41, 5.74) is 10.7. The number of nitrogens with two attached hydrogens (primary N) is 1. The summed E-state index contributed by atoms with van der Waals surface area (Å²) in [6.45, 7) is 2.38. The van der Waals surface area contributed by atoms with Crippen molar-refractivity contribution in [3.8, 4) is 28.0 Å². The smallest absolute Gasteiger partial charge is 0.298 e. The van der Waals surface area contributed by atoms with Crippen LogP contribution in [0.4, 0.5) is 0 Å². The highest BCUT2D eigenvalue weighted by molar-refractivity contribution is 5.95. The molecule has 0 unspecified atom stereocenters. The van der Waals surface area contributed by atoms with Gasteiger partial charge in [0.15, 0.2) is 0 Å². The molecule has 124 valence electrons. The molecule has 0 bridgehead atoms. The monoisotopic (exact) mass is 331 g/mol. The highest BCUT2D eigenvalue weighted by Crippen LogP contribution is 2.28. The molecule has 0 atom stereocenters. The number of amides is 1. The van der Waals surface area contributed by atoms with Gasteiger partial charge in [-0.25, -0.2) is 0 Å². The van der Waals surface area contributed by atoms with Gasteiger partial charge in [0.1, 0.15) is 5.75 Å². The van der Waals surface area contributed by atoms with Gasteiger partial charge in [-0.1, -0.05) is 54.1 Å². The Hall–Kier alpha value is -3.40. The van der Waals surface area contributed by atoms with Crippen LogP contribution >= 0.6 is 0 Å². The molecule has 3 rings (SSSR count). The first-order valence-corrected chi connectivity index (χ1v) is 7.79. The number of carbonyl (C=O) groups is 2. The summed E-state index contributed by atoms with van der Waals surface area (Å²) in [6.07, 6.45) is 0. The van der Waals surface area contributed by atoms with Crippen molar-refractivity contribution in [3.63, 3.8) is 0 Å². The van der Waals surface area contributed by atoms with Crippen molar-refractivity contribution in [2.24, 2.45) is 5.73 Å². The van der Waals surface area contributed by atoms with Crippen molar-refractivity contribution >= 4 is 12.4 Å². The van der Waals surface area contributed by atoms with Gasteiger partial charge in [0, 0.05) is 5.56 Å². The van der Waals surface area contributed by atoms with Crippen LogP contribution < -0.4 is 10.5 Å². The predicted molar refractivity (Wildman–Crippen MR) is 97.3 cm³/mol. The third-order valence-electron chi connectivity index (χ3n) is 3.98. The van der Waals surface area contributed by atoms with Gasteiger partial charge in [-0.05, 0) is 47.4 Å². The number of ether oxygens (including phenoxy) is 1. The van der Waals surface area contributed by atoms with E-state index in [4.69, 9.17) is 10.5 Å². The minimum absolute atomic E-state index is 0.281. The molecule has 4 heteroatoms. The molecule has 0 radical (unpaired) electrons. The number of rotatable bonds is 5. The number of hydrogen-bond acceptors (Lipinski definition) is 3. The number of primary amides is 1. The summed E-state index contributed by atoms with van der Waals surface area (Å²) in [5.74, 6) is -0.294. The number of benzene rings is 3. The zero-order chi connectivity index (χ0) is 17.8. The normalized spacial score (nSPS) is 10.3. The van der Waals surface area contributed by atoms with Crippen LogP contribution in [0.25, 0.3) is 22.3 Å². The molecule has 0 aromatic heterocycles. The number of hydrogen-bond donors (Lipinski definition) is 1. The Morgan fingerprint density at radius 3 is 1.88 bits per heavy atom. The number of aryl methyl sites for hydroxylation is 1. The van der Waals surface area contributed by atoms with Crippen molar-refractivity contribution < 1.29 is 14.3 Å². The summed E-state index contributed by atoms with van der Waals surface area (Å²) in [7, 11) is 0. The average Bonchev–Trinajstić information content (AvgIpc) is 2.62. The second-order valence-electron chi connectivity index (χ2n) is 5.77. The maximum Gasteiger partial charge on any atom is 0.298 e. The fourth-order valence-corrected chi connectivity index (χ4v) is 2.63. The van der Waals surface area contributed by atoms with Gasteiger partial charge in [0.25, 0.3) is 6.47 Å². The van der Waals surface area contributed by atoms with E-state index in [2.05, 4.69) is 31.2 Å². The van der Waals surface area contributed by atoms with Crippen LogP contribution in [-0.2, 0) is 4.79 Å². The second-order valence-corrected chi connectivity index (χ2v) is 5.77. The third-order valence-corrected chi connectivity index (χ3v) is 3.98. The predicted octanol–water partition coefficient (Wildman–Crippen LogP) is 3.96. The molecular formula is C21H17NO3. The van der Waals surface area contributed by atoms with Crippen molar-refractivity contribution in [2.45, 2.75) is 6.92 Å². The highest BCUT2D eigenvalue weighted by atomic mass is 16.5. The topological polar surface area (TPSA) is 69.4 Å². The van der Waals surface area contributed by atoms with Gasteiger partial charge < -0.3 is 10.5 Å². The van der Waals surface area contributed by atoms with E-state index in [0.717, 1.165) is 22.3 Å². The molecule has 25 heavy (non-hydrogen) atoms. The van der Waals surface area contributed by atoms with E-state index in [0.29, 0.717) is 6.47 Å². The van der Waals surface area contributed by atoms with Crippen molar-refractivity contribution in [2.75, 3.05) is 0 Å². The van der Waals surface area contributed by atoms with Crippen molar-refractivity contribution in [1.29, 1.82) is 0 Å². The Morgan fingerprint density at radius 1 is 0.840 bits per heavy atom. The molecule has 0 saturated carbocycles. The molecule has 0 fully saturated rings. The molecule has 0 aliphatic carbocycles. The van der Waals surface area contributed by atoms with E-state index in [1.807, 2.05) is 24.3 Å². The van der Waals surface area contributed by atoms with Crippen LogP contribution in [-0.4, -0.2) is 12.4 Å². The zero-order valence-electron chi connectivity index (χ0n) is 13.7. The van der Waals surface area contributed by atoms with Crippen LogP contribution in [0.15, 0.2) is 66.7 Å². The Labute approximate surface area is 145 Å². The molecule has 2 N–H and O–H groups in total. The van der Waals surface area contributed by atoms with Gasteiger partial charge in [-0.2, -0.15) is 0 Å². The Bertz CT molecular complexity index is 913. The summed E-state index contributed by atoms with van der Waals surface area (Å²) >= 11 is 0. The fourth-order valence-electron chi connectivity index (χ4n) is 2.63. The fraction of sp³-hybridized carbons (Fsp3) is 0.0476. The lowest BCUT2D eigenvalue weighted by atomic mass is 9.98. The van der Waals surface area contributed by atoms with E-state index in [1.165, 1.54) is 11.6 Å². The maximum atomic E-state index is 11.5. The maximum absolute atomic E-state index is 11.5. The lowest BCUT2D eigenvalue weighted by Crippen LogP contribution is -2.11. The van der Waals surface area contributed by atoms with Gasteiger partial charge in [0.2, 0.25) is 5.91 Å². The molecule has 0 saturated heterocycles. The van der Waals surface area contributed by atoms with E-state index < -0.39 is 5.91 Å². The average molecular weight is 331 g/mol. The Morgan fingerprint density at radius 2 is 1.36 bits per heavy atom. The van der Waals surface area contributed by atoms with Crippen LogP contribution in [0.1, 0.15) is 15.9 Å². The van der Waals surface area contributed by atoms with Crippen LogP contribution in [0, 0.1) is 6.92 Å². The van der Waals surface area contributed by atoms with E-state index >= 15 is 0 Å². The van der Waals surface area contributed by atoms with E-state index in [-0.39, 0.29) is 11.3 Å². The van der Waals surface area contributed by atoms with Gasteiger partial charge in [-0.3, -0.25) is 9.59 Å². The SMILES string of the molecule is Cc1ccc(-c2ccc(-c3cc(OC=O)cc(C(N)=O)c3)cc2)cc1. The number of carbonyl (C=O) groups excluding carboxylic acids is 2. The molecule has 0 spiro atoms. The van der Waals surface area contributed by atoms with Crippen LogP contribution in [0.3, 0.4) is 0 Å². The van der Waals surface area contributed by atoms with Gasteiger partial charge in [0.05, 0.1) is 0 Å². The Balaban J connectivity index is 1.97. The second kappa shape index (κ2) is 7.01. The van der Waals surface area contributed by atoms with E-state index in [9.17, 15) is 9.59 Å². The van der Waals surface area contributed by atoms with Crippen LogP contribution in [0.2, 0.25) is 0 Å². The minimum Gasteiger partial charge on any atom is -0.429 e. The minimum atomic E-state index is -0.575. The quantitative estimate of drug-likeness (QED) is 0.719. The molecule has 0 aliphatic heterocycles. The largest absolute Gasteiger partial charge is 0.429 e. The molecule has 4 nitrogen and oxygen atoms in total. The molecule has 3 aromatic rings. The zero-order valence-corrected chi connectivity index (χ0v) is 13.7. The summed E-state index contributed by atoms with van der Waals surface area (Å²) in [6, 6.07) is 21.1. The van der Waals surface area contributed by atoms with Crippen LogP contribution in [0.5, 0.6) is 5.75 Å². The summed E-state index contributed by atoms with van der Waals surface area (Å²) in [4.78, 5) is 22.1. The first kappa shape index (κ1) is 16.5. The summed E-state index contributed by atoms with van der Waals surface area (Å²) in [5, 5.41) is 0. The lowest BCUT2D eigenvalue weighted by Gasteiger charge is -2.08. The molecule has 0 aliphatic rings. The van der Waals surface area contributed by atoms with Gasteiger partial charge in [-0.15, -0.1) is 0 Å². The highest BCUT2D eigenvalue weighted by Gasteiger charge is 2.08. The lowest BCUT2D eigenvalue weighted by molar-refractivity contribution is -0.120. The standard InChI is InChI=1S/C21H17NO3/c1-14-2-4-15(5-3-14)16-6-8-17(9-7-16)18-10-19(21(22)24)12-20(11-18)25-13-23/h2-13H,1H3,(H2,22,24). The third kappa shape index (κ3) is 3.75. The van der Waals surface area contributed by atoms with Gasteiger partial charge >= 0.3 is 0 Å². The van der Waals surface area contributed by atoms with Crippen molar-refractivity contribution in [3.05, 3.63) is 77.9 Å². The van der Waals surface area contributed by atoms with Crippen molar-refractivity contribution in [1.82, 2.24) is 0 Å². The molecule has 3 aromatic carbocycles. The molecule has 1 amide bonds. The summed E-state index contributed by atoms with van der Waals surface area (Å²) < 4.78 is 4.87. The first-order valence-electron chi connectivity index (χ1n) is 7.79. The Kier molecular flexibility index (Phi) is 4.61. The van der Waals surface area contributed by atoms with E-state index in [1.54, 1.807) is 12.1 Å². The first-order chi connectivity index (χ1) is 12.1.